The van der Waals surface area contributed by atoms with Gasteiger partial charge in [-0.1, -0.05) is 38.9 Å². The van der Waals surface area contributed by atoms with E-state index in [2.05, 4.69) is 31.1 Å². The summed E-state index contributed by atoms with van der Waals surface area (Å²) in [6.45, 7) is 8.85. The van der Waals surface area contributed by atoms with E-state index in [0.29, 0.717) is 19.4 Å². The van der Waals surface area contributed by atoms with Crippen LogP contribution in [0.3, 0.4) is 0 Å². The summed E-state index contributed by atoms with van der Waals surface area (Å²) in [6.07, 6.45) is 2.55. The van der Waals surface area contributed by atoms with E-state index in [9.17, 15) is 9.59 Å². The Hall–Kier alpha value is -1.48. The van der Waals surface area contributed by atoms with Crippen molar-refractivity contribution in [1.82, 2.24) is 4.90 Å². The molecule has 6 heteroatoms. The van der Waals surface area contributed by atoms with Crippen molar-refractivity contribution < 1.29 is 19.1 Å². The molecule has 0 aromatic carbocycles. The molecule has 0 aromatic rings. The van der Waals surface area contributed by atoms with Gasteiger partial charge in [0.25, 0.3) is 0 Å². The number of unbranched alkanes of at least 4 members (excludes halogenated alkanes) is 1. The lowest BCUT2D eigenvalue weighted by Gasteiger charge is -2.25. The molecule has 1 heterocycles. The van der Waals surface area contributed by atoms with Crippen LogP contribution in [0.4, 0.5) is 4.79 Å². The van der Waals surface area contributed by atoms with Crippen LogP contribution in [-0.4, -0.2) is 50.8 Å². The SMILES string of the molecule is CCCCOC(=O)N1C(C#C[Si](C)(C)C)CCC1C(=O)OC. The third-order valence-corrected chi connectivity index (χ3v) is 4.30. The number of amides is 1. The van der Waals surface area contributed by atoms with E-state index in [4.69, 9.17) is 9.47 Å². The van der Waals surface area contributed by atoms with Crippen LogP contribution in [0.1, 0.15) is 32.6 Å². The van der Waals surface area contributed by atoms with Crippen molar-refractivity contribution in [3.8, 4) is 11.5 Å². The van der Waals surface area contributed by atoms with Gasteiger partial charge in [0.2, 0.25) is 0 Å². The molecule has 1 rings (SSSR count). The van der Waals surface area contributed by atoms with Gasteiger partial charge in [-0.15, -0.1) is 5.54 Å². The Kier molecular flexibility index (Phi) is 6.94. The molecule has 0 N–H and O–H groups in total. The smallest absolute Gasteiger partial charge is 0.411 e. The second-order valence-electron chi connectivity index (χ2n) is 6.53. The third kappa shape index (κ3) is 5.37. The van der Waals surface area contributed by atoms with Crippen LogP contribution >= 0.6 is 0 Å². The predicted octanol–water partition coefficient (Wildman–Crippen LogP) is 2.81. The molecule has 0 aromatic heterocycles. The molecule has 1 fully saturated rings. The fourth-order valence-electron chi connectivity index (χ4n) is 2.25. The van der Waals surface area contributed by atoms with Crippen LogP contribution in [-0.2, 0) is 14.3 Å². The lowest BCUT2D eigenvalue weighted by Crippen LogP contribution is -2.45. The van der Waals surface area contributed by atoms with E-state index in [1.807, 2.05) is 6.92 Å². The van der Waals surface area contributed by atoms with E-state index in [0.717, 1.165) is 12.8 Å². The van der Waals surface area contributed by atoms with Gasteiger partial charge in [-0.25, -0.2) is 9.59 Å². The summed E-state index contributed by atoms with van der Waals surface area (Å²) >= 11 is 0. The highest BCUT2D eigenvalue weighted by molar-refractivity contribution is 6.83. The Morgan fingerprint density at radius 1 is 1.27 bits per heavy atom. The average molecular weight is 325 g/mol. The van der Waals surface area contributed by atoms with E-state index < -0.39 is 26.2 Å². The Bertz CT molecular complexity index is 461. The van der Waals surface area contributed by atoms with Gasteiger partial charge in [0.1, 0.15) is 14.1 Å². The Morgan fingerprint density at radius 3 is 2.50 bits per heavy atom. The molecule has 1 aliphatic rings. The number of hydrogen-bond donors (Lipinski definition) is 0. The summed E-state index contributed by atoms with van der Waals surface area (Å²) in [5.74, 6) is 2.78. The van der Waals surface area contributed by atoms with E-state index in [1.54, 1.807) is 0 Å². The van der Waals surface area contributed by atoms with Crippen LogP contribution in [0.15, 0.2) is 0 Å². The molecule has 2 atom stereocenters. The number of carbonyl (C=O) groups excluding carboxylic acids is 2. The molecule has 0 aliphatic carbocycles. The number of ether oxygens (including phenoxy) is 2. The Balaban J connectivity index is 2.89. The van der Waals surface area contributed by atoms with Gasteiger partial charge in [-0.05, 0) is 19.3 Å². The third-order valence-electron chi connectivity index (χ3n) is 3.41. The topological polar surface area (TPSA) is 55.8 Å². The normalized spacial score (nSPS) is 21.0. The molecule has 2 unspecified atom stereocenters. The van der Waals surface area contributed by atoms with Crippen molar-refractivity contribution >= 4 is 20.1 Å². The molecule has 0 spiro atoms. The zero-order valence-electron chi connectivity index (χ0n) is 14.3. The van der Waals surface area contributed by atoms with Crippen LogP contribution in [0.25, 0.3) is 0 Å². The first-order valence-electron chi connectivity index (χ1n) is 7.85. The van der Waals surface area contributed by atoms with E-state index >= 15 is 0 Å². The molecule has 124 valence electrons. The van der Waals surface area contributed by atoms with Gasteiger partial charge < -0.3 is 9.47 Å². The molecule has 22 heavy (non-hydrogen) atoms. The van der Waals surface area contributed by atoms with Crippen molar-refractivity contribution in [2.45, 2.75) is 64.3 Å². The summed E-state index contributed by atoms with van der Waals surface area (Å²) in [5.41, 5.74) is 3.28. The van der Waals surface area contributed by atoms with Crippen LogP contribution < -0.4 is 0 Å². The monoisotopic (exact) mass is 325 g/mol. The Labute approximate surface area is 134 Å². The number of rotatable bonds is 4. The number of esters is 1. The van der Waals surface area contributed by atoms with Gasteiger partial charge in [-0.3, -0.25) is 4.90 Å². The molecule has 1 saturated heterocycles. The van der Waals surface area contributed by atoms with Crippen molar-refractivity contribution in [2.24, 2.45) is 0 Å². The maximum Gasteiger partial charge on any atom is 0.411 e. The number of nitrogens with zero attached hydrogens (tertiary/aromatic N) is 1. The highest BCUT2D eigenvalue weighted by Gasteiger charge is 2.42. The Morgan fingerprint density at radius 2 is 1.95 bits per heavy atom. The molecule has 0 radical (unpaired) electrons. The molecule has 0 bridgehead atoms. The van der Waals surface area contributed by atoms with Gasteiger partial charge in [-0.2, -0.15) is 0 Å². The molecule has 1 amide bonds. The fourth-order valence-corrected chi connectivity index (χ4v) is 2.85. The van der Waals surface area contributed by atoms with Gasteiger partial charge >= 0.3 is 12.1 Å². The minimum Gasteiger partial charge on any atom is -0.467 e. The van der Waals surface area contributed by atoms with Gasteiger partial charge in [0, 0.05) is 0 Å². The van der Waals surface area contributed by atoms with E-state index in [-0.39, 0.29) is 6.04 Å². The first-order valence-corrected chi connectivity index (χ1v) is 11.4. The zero-order chi connectivity index (χ0) is 16.8. The summed E-state index contributed by atoms with van der Waals surface area (Å²) in [7, 11) is -0.197. The quantitative estimate of drug-likeness (QED) is 0.345. The van der Waals surface area contributed by atoms with Crippen molar-refractivity contribution in [3.05, 3.63) is 0 Å². The van der Waals surface area contributed by atoms with Crippen LogP contribution in [0, 0.1) is 11.5 Å². The fraction of sp³-hybridized carbons (Fsp3) is 0.750. The highest BCUT2D eigenvalue weighted by atomic mass is 28.3. The van der Waals surface area contributed by atoms with Crippen molar-refractivity contribution in [2.75, 3.05) is 13.7 Å². The first kappa shape index (κ1) is 18.6. The summed E-state index contributed by atoms with van der Waals surface area (Å²) in [4.78, 5) is 25.7. The first-order chi connectivity index (χ1) is 10.3. The molecular formula is C16H27NO4Si. The average Bonchev–Trinajstić information content (AvgIpc) is 2.87. The largest absolute Gasteiger partial charge is 0.467 e. The van der Waals surface area contributed by atoms with Crippen LogP contribution in [0.2, 0.25) is 19.6 Å². The van der Waals surface area contributed by atoms with Gasteiger partial charge in [0.15, 0.2) is 0 Å². The molecular weight excluding hydrogens is 298 g/mol. The maximum atomic E-state index is 12.3. The second kappa shape index (κ2) is 8.23. The second-order valence-corrected chi connectivity index (χ2v) is 11.3. The summed E-state index contributed by atoms with van der Waals surface area (Å²) in [5, 5.41) is 0. The number of likely N-dealkylation sites (tertiary alicyclic amines) is 1. The van der Waals surface area contributed by atoms with Gasteiger partial charge in [0.05, 0.1) is 19.8 Å². The molecule has 1 aliphatic heterocycles. The minimum absolute atomic E-state index is 0.259. The molecule has 0 saturated carbocycles. The number of hydrogen-bond acceptors (Lipinski definition) is 4. The van der Waals surface area contributed by atoms with Crippen LogP contribution in [0.5, 0.6) is 0 Å². The predicted molar refractivity (Wildman–Crippen MR) is 88.0 cm³/mol. The number of carbonyl (C=O) groups is 2. The maximum absolute atomic E-state index is 12.3. The van der Waals surface area contributed by atoms with E-state index in [1.165, 1.54) is 12.0 Å². The summed E-state index contributed by atoms with van der Waals surface area (Å²) in [6, 6.07) is -0.843. The summed E-state index contributed by atoms with van der Waals surface area (Å²) < 4.78 is 10.1. The van der Waals surface area contributed by atoms with Crippen molar-refractivity contribution in [3.63, 3.8) is 0 Å². The number of methoxy groups -OCH3 is 1. The lowest BCUT2D eigenvalue weighted by atomic mass is 10.2. The standard InChI is InChI=1S/C16H27NO4Si/c1-6-7-11-21-16(19)17-13(10-12-22(3,4)5)8-9-14(17)15(18)20-2/h13-14H,6-9,11H2,1-5H3. The zero-order valence-corrected chi connectivity index (χ0v) is 15.3. The van der Waals surface area contributed by atoms with Crippen molar-refractivity contribution in [1.29, 1.82) is 0 Å². The highest BCUT2D eigenvalue weighted by Crippen LogP contribution is 2.26. The minimum atomic E-state index is -1.53. The lowest BCUT2D eigenvalue weighted by molar-refractivity contribution is -0.145. The molecule has 5 nitrogen and oxygen atoms in total.